The second-order valence-corrected chi connectivity index (χ2v) is 2.02. The van der Waals surface area contributed by atoms with E-state index in [2.05, 4.69) is 11.8 Å². The van der Waals surface area contributed by atoms with Gasteiger partial charge in [0, 0.05) is 5.56 Å². The highest BCUT2D eigenvalue weighted by Gasteiger charge is 1.97. The smallest absolute Gasteiger partial charge is 0.101 e. The topological polar surface area (TPSA) is 51.4 Å². The molecule has 2 heteroatoms. The molecule has 0 amide bonds. The summed E-state index contributed by atoms with van der Waals surface area (Å²) < 4.78 is 0. The van der Waals surface area contributed by atoms with Crippen molar-refractivity contribution in [3.05, 3.63) is 35.4 Å². The van der Waals surface area contributed by atoms with Gasteiger partial charge in [0.05, 0.1) is 11.6 Å². The molecular weight excluding hydrogens is 124 g/mol. The molecule has 0 fully saturated rings. The van der Waals surface area contributed by atoms with Crippen LogP contribution in [0, 0.1) is 11.3 Å². The molecule has 0 radical (unpaired) electrons. The fourth-order valence-electron chi connectivity index (χ4n) is 0.847. The lowest BCUT2D eigenvalue weighted by Gasteiger charge is -1.94. The SMILES string of the molecule is N#Cc1ccccc1C[NH3+]. The molecule has 0 saturated heterocycles. The fraction of sp³-hybridized carbons (Fsp3) is 0.125. The molecule has 10 heavy (non-hydrogen) atoms. The average molecular weight is 133 g/mol. The van der Waals surface area contributed by atoms with Gasteiger partial charge in [-0.1, -0.05) is 18.2 Å². The zero-order valence-corrected chi connectivity index (χ0v) is 5.67. The van der Waals surface area contributed by atoms with E-state index in [9.17, 15) is 0 Å². The van der Waals surface area contributed by atoms with Gasteiger partial charge in [-0.05, 0) is 6.07 Å². The minimum absolute atomic E-state index is 0.684. The number of rotatable bonds is 1. The highest BCUT2D eigenvalue weighted by atomic mass is 14.5. The van der Waals surface area contributed by atoms with Gasteiger partial charge in [0.2, 0.25) is 0 Å². The van der Waals surface area contributed by atoms with Crippen molar-refractivity contribution in [2.75, 3.05) is 0 Å². The van der Waals surface area contributed by atoms with E-state index in [0.29, 0.717) is 6.54 Å². The monoisotopic (exact) mass is 133 g/mol. The van der Waals surface area contributed by atoms with E-state index in [-0.39, 0.29) is 0 Å². The molecule has 2 nitrogen and oxygen atoms in total. The van der Waals surface area contributed by atoms with E-state index in [0.717, 1.165) is 11.1 Å². The van der Waals surface area contributed by atoms with Crippen molar-refractivity contribution < 1.29 is 5.73 Å². The van der Waals surface area contributed by atoms with Crippen molar-refractivity contribution >= 4 is 0 Å². The quantitative estimate of drug-likeness (QED) is 0.588. The molecular formula is C8H9N2+. The van der Waals surface area contributed by atoms with Gasteiger partial charge in [-0.2, -0.15) is 5.26 Å². The molecule has 0 unspecified atom stereocenters. The van der Waals surface area contributed by atoms with Crippen LogP contribution in [0.4, 0.5) is 0 Å². The molecule has 50 valence electrons. The Morgan fingerprint density at radius 2 is 2.10 bits per heavy atom. The molecule has 0 saturated carbocycles. The maximum atomic E-state index is 8.57. The number of benzene rings is 1. The first kappa shape index (κ1) is 6.79. The largest absolute Gasteiger partial charge is 0.354 e. The molecule has 0 bridgehead atoms. The lowest BCUT2D eigenvalue weighted by atomic mass is 10.1. The number of hydrogen-bond donors (Lipinski definition) is 1. The predicted molar refractivity (Wildman–Crippen MR) is 37.7 cm³/mol. The fourth-order valence-corrected chi connectivity index (χ4v) is 0.847. The molecule has 0 aliphatic carbocycles. The second-order valence-electron chi connectivity index (χ2n) is 2.02. The van der Waals surface area contributed by atoms with Crippen molar-refractivity contribution in [1.82, 2.24) is 0 Å². The van der Waals surface area contributed by atoms with Crippen LogP contribution < -0.4 is 5.73 Å². The van der Waals surface area contributed by atoms with Crippen molar-refractivity contribution in [2.24, 2.45) is 0 Å². The van der Waals surface area contributed by atoms with Crippen LogP contribution >= 0.6 is 0 Å². The minimum Gasteiger partial charge on any atom is -0.354 e. The van der Waals surface area contributed by atoms with Gasteiger partial charge in [0.1, 0.15) is 6.54 Å². The average Bonchev–Trinajstić information content (AvgIpc) is 2.04. The first-order valence-corrected chi connectivity index (χ1v) is 3.15. The van der Waals surface area contributed by atoms with Crippen LogP contribution in [-0.4, -0.2) is 0 Å². The van der Waals surface area contributed by atoms with Crippen LogP contribution in [0.15, 0.2) is 24.3 Å². The Labute approximate surface area is 59.9 Å². The Morgan fingerprint density at radius 1 is 1.40 bits per heavy atom. The van der Waals surface area contributed by atoms with Crippen molar-refractivity contribution in [1.29, 1.82) is 5.26 Å². The van der Waals surface area contributed by atoms with Crippen LogP contribution in [-0.2, 0) is 6.54 Å². The van der Waals surface area contributed by atoms with E-state index in [1.54, 1.807) is 6.07 Å². The van der Waals surface area contributed by atoms with Gasteiger partial charge in [0.15, 0.2) is 0 Å². The van der Waals surface area contributed by atoms with Crippen LogP contribution in [0.3, 0.4) is 0 Å². The summed E-state index contributed by atoms with van der Waals surface area (Å²) in [5, 5.41) is 8.57. The third-order valence-electron chi connectivity index (χ3n) is 1.41. The van der Waals surface area contributed by atoms with E-state index >= 15 is 0 Å². The summed E-state index contributed by atoms with van der Waals surface area (Å²) in [6.45, 7) is 0.684. The van der Waals surface area contributed by atoms with E-state index < -0.39 is 0 Å². The Bertz CT molecular complexity index is 260. The first-order valence-electron chi connectivity index (χ1n) is 3.15. The Hall–Kier alpha value is -1.33. The summed E-state index contributed by atoms with van der Waals surface area (Å²) >= 11 is 0. The van der Waals surface area contributed by atoms with Crippen molar-refractivity contribution in [3.8, 4) is 6.07 Å². The number of quaternary nitrogens is 1. The molecule has 0 aliphatic rings. The van der Waals surface area contributed by atoms with Gasteiger partial charge in [0.25, 0.3) is 0 Å². The Morgan fingerprint density at radius 3 is 2.60 bits per heavy atom. The summed E-state index contributed by atoms with van der Waals surface area (Å²) in [5.74, 6) is 0. The van der Waals surface area contributed by atoms with Gasteiger partial charge in [-0.15, -0.1) is 0 Å². The number of nitriles is 1. The minimum atomic E-state index is 0.684. The third kappa shape index (κ3) is 1.15. The van der Waals surface area contributed by atoms with Crippen molar-refractivity contribution in [2.45, 2.75) is 6.54 Å². The molecule has 3 N–H and O–H groups in total. The van der Waals surface area contributed by atoms with Crippen molar-refractivity contribution in [3.63, 3.8) is 0 Å². The molecule has 1 aromatic carbocycles. The zero-order valence-electron chi connectivity index (χ0n) is 5.67. The third-order valence-corrected chi connectivity index (χ3v) is 1.41. The number of hydrogen-bond acceptors (Lipinski definition) is 1. The van der Waals surface area contributed by atoms with Gasteiger partial charge < -0.3 is 5.73 Å². The first-order chi connectivity index (χ1) is 4.88. The molecule has 0 heterocycles. The summed E-state index contributed by atoms with van der Waals surface area (Å²) in [6.07, 6.45) is 0. The van der Waals surface area contributed by atoms with E-state index in [1.165, 1.54) is 0 Å². The summed E-state index contributed by atoms with van der Waals surface area (Å²) in [7, 11) is 0. The number of nitrogens with zero attached hydrogens (tertiary/aromatic N) is 1. The standard InChI is InChI=1S/C8H8N2/c9-5-7-3-1-2-4-8(7)6-10/h1-4H,5,9H2/p+1. The van der Waals surface area contributed by atoms with Gasteiger partial charge in [-0.3, -0.25) is 0 Å². The molecule has 0 aromatic heterocycles. The van der Waals surface area contributed by atoms with Gasteiger partial charge in [-0.25, -0.2) is 0 Å². The van der Waals surface area contributed by atoms with Crippen LogP contribution in [0.1, 0.15) is 11.1 Å². The maximum Gasteiger partial charge on any atom is 0.101 e. The molecule has 1 rings (SSSR count). The highest BCUT2D eigenvalue weighted by Crippen LogP contribution is 2.04. The highest BCUT2D eigenvalue weighted by molar-refractivity contribution is 5.36. The Balaban J connectivity index is 3.12. The maximum absolute atomic E-state index is 8.57. The lowest BCUT2D eigenvalue weighted by molar-refractivity contribution is -0.386. The zero-order chi connectivity index (χ0) is 7.40. The summed E-state index contributed by atoms with van der Waals surface area (Å²) in [5.41, 5.74) is 5.47. The normalized spacial score (nSPS) is 8.80. The molecule has 0 atom stereocenters. The summed E-state index contributed by atoms with van der Waals surface area (Å²) in [4.78, 5) is 0. The molecule has 0 spiro atoms. The van der Waals surface area contributed by atoms with E-state index in [4.69, 9.17) is 5.26 Å². The second kappa shape index (κ2) is 3.00. The Kier molecular flexibility index (Phi) is 2.03. The van der Waals surface area contributed by atoms with E-state index in [1.807, 2.05) is 18.2 Å². The lowest BCUT2D eigenvalue weighted by Crippen LogP contribution is -2.47. The van der Waals surface area contributed by atoms with Crippen LogP contribution in [0.25, 0.3) is 0 Å². The molecule has 1 aromatic rings. The summed E-state index contributed by atoms with van der Waals surface area (Å²) in [6, 6.07) is 9.61. The van der Waals surface area contributed by atoms with Crippen LogP contribution in [0.5, 0.6) is 0 Å². The van der Waals surface area contributed by atoms with Crippen LogP contribution in [0.2, 0.25) is 0 Å². The molecule has 0 aliphatic heterocycles. The van der Waals surface area contributed by atoms with Gasteiger partial charge >= 0.3 is 0 Å². The predicted octanol–water partition coefficient (Wildman–Crippen LogP) is 0.300.